The van der Waals surface area contributed by atoms with Gasteiger partial charge in [-0.3, -0.25) is 14.4 Å². The Kier molecular flexibility index (Phi) is 9.06. The summed E-state index contributed by atoms with van der Waals surface area (Å²) in [6.07, 6.45) is 3.04. The first kappa shape index (κ1) is 28.4. The van der Waals surface area contributed by atoms with Crippen molar-refractivity contribution in [2.45, 2.75) is 18.8 Å². The number of pyridine rings is 1. The van der Waals surface area contributed by atoms with Crippen LogP contribution >= 0.6 is 23.2 Å². The van der Waals surface area contributed by atoms with E-state index in [0.29, 0.717) is 17.1 Å². The van der Waals surface area contributed by atoms with Crippen LogP contribution in [-0.4, -0.2) is 71.3 Å². The molecule has 1 saturated heterocycles. The Bertz CT molecular complexity index is 1360. The molecule has 3 N–H and O–H groups in total. The SMILES string of the molecule is CN(C)CCN1CCCC(c2ccc(C(=O)Nc3c(O)cc(Cl)cc3C(=O)Nc3ccc(Cl)cn3)cc2)C1=O. The number of likely N-dealkylation sites (N-methyl/N-ethyl adjacent to an activating group) is 1. The number of aromatic hydroxyl groups is 1. The third-order valence-electron chi connectivity index (χ3n) is 6.46. The number of rotatable bonds is 8. The lowest BCUT2D eigenvalue weighted by molar-refractivity contribution is -0.135. The number of aromatic nitrogens is 1. The fraction of sp³-hybridized carbons (Fsp3) is 0.286. The summed E-state index contributed by atoms with van der Waals surface area (Å²) in [6.45, 7) is 2.22. The third kappa shape index (κ3) is 7.06. The van der Waals surface area contributed by atoms with Crippen LogP contribution in [0.5, 0.6) is 5.75 Å². The van der Waals surface area contributed by atoms with Gasteiger partial charge in [0.1, 0.15) is 11.6 Å². The summed E-state index contributed by atoms with van der Waals surface area (Å²) in [5, 5.41) is 16.2. The summed E-state index contributed by atoms with van der Waals surface area (Å²) in [4.78, 5) is 47.1. The van der Waals surface area contributed by atoms with Gasteiger partial charge in [0.2, 0.25) is 5.91 Å². The number of benzene rings is 2. The lowest BCUT2D eigenvalue weighted by atomic mass is 9.89. The molecule has 2 aromatic carbocycles. The van der Waals surface area contributed by atoms with E-state index in [1.165, 1.54) is 24.4 Å². The van der Waals surface area contributed by atoms with Crippen molar-refractivity contribution in [2.24, 2.45) is 0 Å². The first-order valence-electron chi connectivity index (χ1n) is 12.4. The van der Waals surface area contributed by atoms with E-state index in [1.54, 1.807) is 30.3 Å². The summed E-state index contributed by atoms with van der Waals surface area (Å²) < 4.78 is 0. The zero-order valence-electron chi connectivity index (χ0n) is 21.6. The molecule has 0 saturated carbocycles. The number of phenols is 1. The van der Waals surface area contributed by atoms with E-state index < -0.39 is 11.8 Å². The highest BCUT2D eigenvalue weighted by Crippen LogP contribution is 2.33. The zero-order valence-corrected chi connectivity index (χ0v) is 23.1. The molecule has 0 aliphatic carbocycles. The minimum atomic E-state index is -0.636. The second kappa shape index (κ2) is 12.5. The number of anilines is 2. The van der Waals surface area contributed by atoms with Crippen molar-refractivity contribution < 1.29 is 19.5 Å². The van der Waals surface area contributed by atoms with Gasteiger partial charge in [-0.25, -0.2) is 4.98 Å². The van der Waals surface area contributed by atoms with Crippen molar-refractivity contribution in [3.63, 3.8) is 0 Å². The van der Waals surface area contributed by atoms with Gasteiger partial charge in [-0.15, -0.1) is 0 Å². The van der Waals surface area contributed by atoms with Crippen molar-refractivity contribution in [1.82, 2.24) is 14.8 Å². The van der Waals surface area contributed by atoms with Crippen LogP contribution in [-0.2, 0) is 4.79 Å². The van der Waals surface area contributed by atoms with Crippen LogP contribution in [0, 0.1) is 0 Å². The highest BCUT2D eigenvalue weighted by atomic mass is 35.5. The number of carbonyl (C=O) groups excluding carboxylic acids is 3. The van der Waals surface area contributed by atoms with Crippen LogP contribution in [0.3, 0.4) is 0 Å². The summed E-state index contributed by atoms with van der Waals surface area (Å²) in [5.41, 5.74) is 0.994. The van der Waals surface area contributed by atoms with Gasteiger partial charge in [0.15, 0.2) is 0 Å². The number of piperidine rings is 1. The molecular formula is C28H29Cl2N5O4. The summed E-state index contributed by atoms with van der Waals surface area (Å²) in [5.74, 6) is -1.47. The molecule has 0 radical (unpaired) electrons. The van der Waals surface area contributed by atoms with E-state index in [0.717, 1.165) is 31.5 Å². The Labute approximate surface area is 236 Å². The van der Waals surface area contributed by atoms with Crippen molar-refractivity contribution in [3.8, 4) is 5.75 Å². The van der Waals surface area contributed by atoms with Gasteiger partial charge in [-0.05, 0) is 62.8 Å². The van der Waals surface area contributed by atoms with E-state index in [-0.39, 0.29) is 39.7 Å². The van der Waals surface area contributed by atoms with Gasteiger partial charge in [-0.2, -0.15) is 0 Å². The van der Waals surface area contributed by atoms with Crippen LogP contribution in [0.25, 0.3) is 0 Å². The van der Waals surface area contributed by atoms with Gasteiger partial charge in [0.05, 0.1) is 22.2 Å². The van der Waals surface area contributed by atoms with E-state index >= 15 is 0 Å². The average molecular weight is 570 g/mol. The maximum Gasteiger partial charge on any atom is 0.259 e. The molecule has 1 aromatic heterocycles. The molecule has 1 aliphatic heterocycles. The molecule has 1 unspecified atom stereocenters. The van der Waals surface area contributed by atoms with Crippen LogP contribution in [0.4, 0.5) is 11.5 Å². The summed E-state index contributed by atoms with van der Waals surface area (Å²) in [6, 6.07) is 12.4. The maximum absolute atomic E-state index is 13.1. The molecule has 1 atom stereocenters. The number of carbonyl (C=O) groups is 3. The van der Waals surface area contributed by atoms with Crippen molar-refractivity contribution in [1.29, 1.82) is 0 Å². The second-order valence-electron chi connectivity index (χ2n) is 9.56. The Morgan fingerprint density at radius 1 is 1.05 bits per heavy atom. The van der Waals surface area contributed by atoms with Crippen LogP contribution in [0.15, 0.2) is 54.7 Å². The molecule has 4 rings (SSSR count). The molecular weight excluding hydrogens is 541 g/mol. The van der Waals surface area contributed by atoms with Gasteiger partial charge < -0.3 is 25.5 Å². The normalized spacial score (nSPS) is 15.4. The predicted molar refractivity (Wildman–Crippen MR) is 152 cm³/mol. The van der Waals surface area contributed by atoms with Crippen LogP contribution < -0.4 is 10.6 Å². The Balaban J connectivity index is 1.49. The molecule has 204 valence electrons. The third-order valence-corrected chi connectivity index (χ3v) is 6.90. The van der Waals surface area contributed by atoms with E-state index in [2.05, 4.69) is 15.6 Å². The molecule has 39 heavy (non-hydrogen) atoms. The quantitative estimate of drug-likeness (QED) is 0.333. The fourth-order valence-corrected chi connectivity index (χ4v) is 4.71. The summed E-state index contributed by atoms with van der Waals surface area (Å²) in [7, 11) is 3.96. The predicted octanol–water partition coefficient (Wildman–Crippen LogP) is 4.87. The number of likely N-dealkylation sites (tertiary alicyclic amines) is 1. The first-order valence-corrected chi connectivity index (χ1v) is 13.2. The maximum atomic E-state index is 13.1. The smallest absolute Gasteiger partial charge is 0.259 e. The Hall–Kier alpha value is -3.66. The van der Waals surface area contributed by atoms with Gasteiger partial charge in [0, 0.05) is 42.5 Å². The topological polar surface area (TPSA) is 115 Å². The number of halogens is 2. The Morgan fingerprint density at radius 3 is 2.46 bits per heavy atom. The van der Waals surface area contributed by atoms with Crippen molar-refractivity contribution >= 4 is 52.4 Å². The number of phenolic OH excluding ortho intramolecular Hbond substituents is 1. The highest BCUT2D eigenvalue weighted by Gasteiger charge is 2.30. The number of hydrogen-bond donors (Lipinski definition) is 3. The molecule has 2 heterocycles. The molecule has 1 fully saturated rings. The van der Waals surface area contributed by atoms with E-state index in [1.807, 2.05) is 23.9 Å². The molecule has 0 spiro atoms. The van der Waals surface area contributed by atoms with Gasteiger partial charge in [0.25, 0.3) is 11.8 Å². The van der Waals surface area contributed by atoms with E-state index in [4.69, 9.17) is 23.2 Å². The minimum absolute atomic E-state index is 0.0488. The lowest BCUT2D eigenvalue weighted by Crippen LogP contribution is -2.43. The second-order valence-corrected chi connectivity index (χ2v) is 10.4. The zero-order chi connectivity index (χ0) is 28.1. The largest absolute Gasteiger partial charge is 0.506 e. The molecule has 0 bridgehead atoms. The molecule has 3 amide bonds. The fourth-order valence-electron chi connectivity index (χ4n) is 4.38. The monoisotopic (exact) mass is 569 g/mol. The van der Waals surface area contributed by atoms with Crippen molar-refractivity contribution in [2.75, 3.05) is 44.4 Å². The molecule has 3 aromatic rings. The lowest BCUT2D eigenvalue weighted by Gasteiger charge is -2.33. The van der Waals surface area contributed by atoms with E-state index in [9.17, 15) is 19.5 Å². The van der Waals surface area contributed by atoms with Crippen LogP contribution in [0.1, 0.15) is 45.0 Å². The number of nitrogens with one attached hydrogen (secondary N) is 2. The van der Waals surface area contributed by atoms with Crippen LogP contribution in [0.2, 0.25) is 10.0 Å². The number of amides is 3. The Morgan fingerprint density at radius 2 is 1.79 bits per heavy atom. The molecule has 1 aliphatic rings. The number of nitrogens with zero attached hydrogens (tertiary/aromatic N) is 3. The molecule has 9 nitrogen and oxygen atoms in total. The summed E-state index contributed by atoms with van der Waals surface area (Å²) >= 11 is 11.9. The minimum Gasteiger partial charge on any atom is -0.506 e. The highest BCUT2D eigenvalue weighted by molar-refractivity contribution is 6.32. The van der Waals surface area contributed by atoms with Crippen molar-refractivity contribution in [3.05, 3.63) is 81.5 Å². The van der Waals surface area contributed by atoms with Gasteiger partial charge in [-0.1, -0.05) is 35.3 Å². The number of hydrogen-bond acceptors (Lipinski definition) is 6. The van der Waals surface area contributed by atoms with Gasteiger partial charge >= 0.3 is 0 Å². The first-order chi connectivity index (χ1) is 18.6. The molecule has 11 heteroatoms. The standard InChI is InChI=1S/C28H29Cl2N5O4/c1-34(2)12-13-35-11-3-4-21(28(35)39)17-5-7-18(8-6-17)26(37)33-25-22(14-20(30)15-23(25)36)27(38)32-24-10-9-19(29)16-31-24/h5-10,14-16,21,36H,3-4,11-13H2,1-2H3,(H,33,37)(H,31,32,38). The average Bonchev–Trinajstić information content (AvgIpc) is 2.90.